The second-order valence-electron chi connectivity index (χ2n) is 9.51. The van der Waals surface area contributed by atoms with Gasteiger partial charge in [-0.1, -0.05) is 57.6 Å². The second kappa shape index (κ2) is 19.5. The molecule has 1 N–H and O–H groups in total. The number of ether oxygens (including phenoxy) is 1. The molecule has 2 unspecified atom stereocenters. The number of hydrogen-bond donors (Lipinski definition) is 1. The fourth-order valence-corrected chi connectivity index (χ4v) is 3.72. The lowest BCUT2D eigenvalue weighted by atomic mass is 10.1. The van der Waals surface area contributed by atoms with Gasteiger partial charge in [0.05, 0.1) is 34.4 Å². The van der Waals surface area contributed by atoms with Crippen LogP contribution in [0.1, 0.15) is 84.0 Å². The van der Waals surface area contributed by atoms with Gasteiger partial charge < -0.3 is 28.3 Å². The molecular weight excluding hydrogens is 445 g/mol. The molecule has 0 aromatic heterocycles. The fraction of sp³-hybridized carbons (Fsp3) is 0.875. The first-order valence-corrected chi connectivity index (χ1v) is 13.9. The molecule has 0 amide bonds. The second-order valence-corrected chi connectivity index (χ2v) is 10.9. The number of unbranched alkanes of at least 4 members (excludes halogenated alkanes) is 9. The van der Waals surface area contributed by atoms with Gasteiger partial charge in [0, 0.05) is 6.42 Å². The van der Waals surface area contributed by atoms with Crippen molar-refractivity contribution in [1.29, 1.82) is 0 Å². The highest BCUT2D eigenvalue weighted by molar-refractivity contribution is 7.45. The van der Waals surface area contributed by atoms with Crippen molar-refractivity contribution >= 4 is 13.8 Å². The molecule has 0 heterocycles. The Kier molecular flexibility index (Phi) is 19.1. The van der Waals surface area contributed by atoms with Gasteiger partial charge in [-0.3, -0.25) is 9.36 Å². The molecule has 2 atom stereocenters. The van der Waals surface area contributed by atoms with Crippen molar-refractivity contribution in [3.05, 3.63) is 12.2 Å². The van der Waals surface area contributed by atoms with Gasteiger partial charge >= 0.3 is 5.97 Å². The van der Waals surface area contributed by atoms with Crippen LogP contribution in [0.5, 0.6) is 0 Å². The number of carbonyl (C=O) groups is 1. The number of likely N-dealkylation sites (N-methyl/N-ethyl adjacent to an activating group) is 1. The molecule has 8 nitrogen and oxygen atoms in total. The van der Waals surface area contributed by atoms with Gasteiger partial charge in [0.25, 0.3) is 7.82 Å². The maximum atomic E-state index is 11.9. The zero-order chi connectivity index (χ0) is 25.0. The van der Waals surface area contributed by atoms with Crippen LogP contribution in [-0.2, 0) is 23.1 Å². The van der Waals surface area contributed by atoms with E-state index >= 15 is 0 Å². The quantitative estimate of drug-likeness (QED) is 0.0785. The molecule has 0 rings (SSSR count). The van der Waals surface area contributed by atoms with Crippen molar-refractivity contribution in [2.45, 2.75) is 90.1 Å². The number of phosphoric acid groups is 1. The summed E-state index contributed by atoms with van der Waals surface area (Å²) in [7, 11) is 1.23. The molecule has 0 bridgehead atoms. The smallest absolute Gasteiger partial charge is 0.306 e. The summed E-state index contributed by atoms with van der Waals surface area (Å²) in [5, 5.41) is 9.34. The molecule has 0 saturated heterocycles. The zero-order valence-corrected chi connectivity index (χ0v) is 22.2. The summed E-state index contributed by atoms with van der Waals surface area (Å²) < 4.78 is 27.0. The Balaban J connectivity index is 3.81. The molecule has 196 valence electrons. The predicted octanol–water partition coefficient (Wildman–Crippen LogP) is 4.36. The molecule has 0 aromatic rings. The summed E-state index contributed by atoms with van der Waals surface area (Å²) in [5.74, 6) is -0.463. The Morgan fingerprint density at radius 1 is 0.970 bits per heavy atom. The number of aliphatic hydroxyl groups excluding tert-OH is 1. The van der Waals surface area contributed by atoms with Crippen LogP contribution >= 0.6 is 7.82 Å². The first kappa shape index (κ1) is 32.2. The van der Waals surface area contributed by atoms with Gasteiger partial charge in [-0.2, -0.15) is 0 Å². The minimum Gasteiger partial charge on any atom is -0.756 e. The first-order valence-electron chi connectivity index (χ1n) is 12.5. The molecule has 0 aliphatic carbocycles. The average molecular weight is 494 g/mol. The number of carbonyl (C=O) groups excluding carboxylic acids is 1. The van der Waals surface area contributed by atoms with Crippen LogP contribution in [0.25, 0.3) is 0 Å². The molecule has 0 aliphatic heterocycles. The van der Waals surface area contributed by atoms with Crippen LogP contribution in [0, 0.1) is 0 Å². The summed E-state index contributed by atoms with van der Waals surface area (Å²) >= 11 is 0. The number of rotatable bonds is 22. The van der Waals surface area contributed by atoms with Crippen LogP contribution in [-0.4, -0.2) is 69.2 Å². The molecule has 0 radical (unpaired) electrons. The van der Waals surface area contributed by atoms with Crippen molar-refractivity contribution in [3.63, 3.8) is 0 Å². The van der Waals surface area contributed by atoms with E-state index in [0.717, 1.165) is 32.1 Å². The van der Waals surface area contributed by atoms with Crippen LogP contribution in [0.3, 0.4) is 0 Å². The number of nitrogens with zero attached hydrogens (tertiary/aromatic N) is 1. The van der Waals surface area contributed by atoms with E-state index in [-0.39, 0.29) is 13.0 Å². The monoisotopic (exact) mass is 493 g/mol. The number of hydrogen-bond acceptors (Lipinski definition) is 7. The van der Waals surface area contributed by atoms with E-state index in [9.17, 15) is 19.4 Å². The lowest BCUT2D eigenvalue weighted by molar-refractivity contribution is -0.870. The summed E-state index contributed by atoms with van der Waals surface area (Å²) in [6.07, 6.45) is 16.3. The molecular formula is C24H48NO7P. The Morgan fingerprint density at radius 3 is 2.12 bits per heavy atom. The first-order chi connectivity index (χ1) is 15.6. The van der Waals surface area contributed by atoms with E-state index in [1.54, 1.807) is 0 Å². The summed E-state index contributed by atoms with van der Waals surface area (Å²) in [6.45, 7) is 1.73. The minimum absolute atomic E-state index is 0.0107. The SMILES string of the molecule is CCCCCC/C=C/CCCCCCCC(=O)OC(CO)COP(=O)([O-])OCC[N+](C)(C)C. The summed E-state index contributed by atoms with van der Waals surface area (Å²) in [6, 6.07) is 0. The Hall–Kier alpha value is -0.760. The molecule has 0 fully saturated rings. The Morgan fingerprint density at radius 2 is 1.55 bits per heavy atom. The predicted molar refractivity (Wildman–Crippen MR) is 130 cm³/mol. The Labute approximate surface area is 201 Å². The van der Waals surface area contributed by atoms with E-state index < -0.39 is 33.1 Å². The normalized spacial score (nSPS) is 15.0. The number of quaternary nitrogens is 1. The van der Waals surface area contributed by atoms with E-state index in [4.69, 9.17) is 13.8 Å². The van der Waals surface area contributed by atoms with Crippen molar-refractivity contribution in [2.75, 3.05) is 47.5 Å². The van der Waals surface area contributed by atoms with E-state index in [1.807, 2.05) is 21.1 Å². The zero-order valence-electron chi connectivity index (χ0n) is 21.3. The fourth-order valence-electron chi connectivity index (χ4n) is 2.99. The number of phosphoric ester groups is 1. The maximum Gasteiger partial charge on any atom is 0.306 e. The summed E-state index contributed by atoms with van der Waals surface area (Å²) in [4.78, 5) is 23.7. The highest BCUT2D eigenvalue weighted by atomic mass is 31.2. The van der Waals surface area contributed by atoms with Crippen LogP contribution in [0.2, 0.25) is 0 Å². The number of esters is 1. The number of aliphatic hydroxyl groups is 1. The largest absolute Gasteiger partial charge is 0.756 e. The van der Waals surface area contributed by atoms with Crippen molar-refractivity contribution < 1.29 is 37.6 Å². The third-order valence-corrected chi connectivity index (χ3v) is 6.04. The van der Waals surface area contributed by atoms with E-state index in [2.05, 4.69) is 19.1 Å². The third-order valence-electron chi connectivity index (χ3n) is 5.07. The molecule has 33 heavy (non-hydrogen) atoms. The average Bonchev–Trinajstić information content (AvgIpc) is 2.73. The highest BCUT2D eigenvalue weighted by Crippen LogP contribution is 2.38. The molecule has 0 spiro atoms. The van der Waals surface area contributed by atoms with Crippen molar-refractivity contribution in [1.82, 2.24) is 0 Å². The number of allylic oxidation sites excluding steroid dienone is 2. The van der Waals surface area contributed by atoms with Gasteiger partial charge in [0.15, 0.2) is 0 Å². The molecule has 0 saturated carbocycles. The van der Waals surface area contributed by atoms with Gasteiger partial charge in [0.2, 0.25) is 0 Å². The Bertz CT molecular complexity index is 564. The summed E-state index contributed by atoms with van der Waals surface area (Å²) in [5.41, 5.74) is 0. The molecule has 0 aliphatic rings. The topological polar surface area (TPSA) is 105 Å². The van der Waals surface area contributed by atoms with Gasteiger partial charge in [-0.05, 0) is 32.1 Å². The van der Waals surface area contributed by atoms with Crippen LogP contribution < -0.4 is 4.89 Å². The van der Waals surface area contributed by atoms with Crippen molar-refractivity contribution in [3.8, 4) is 0 Å². The van der Waals surface area contributed by atoms with Crippen molar-refractivity contribution in [2.24, 2.45) is 0 Å². The van der Waals surface area contributed by atoms with E-state index in [1.165, 1.54) is 32.1 Å². The molecule has 9 heteroatoms. The van der Waals surface area contributed by atoms with Crippen LogP contribution in [0.4, 0.5) is 0 Å². The lowest BCUT2D eigenvalue weighted by Gasteiger charge is -2.28. The van der Waals surface area contributed by atoms with E-state index in [0.29, 0.717) is 17.4 Å². The maximum absolute atomic E-state index is 11.9. The highest BCUT2D eigenvalue weighted by Gasteiger charge is 2.19. The molecule has 0 aromatic carbocycles. The minimum atomic E-state index is -4.51. The standard InChI is InChI=1S/C24H48NO7P/c1-5-6-7-8-9-10-11-12-13-14-15-16-17-18-24(27)32-23(21-26)22-31-33(28,29)30-20-19-25(2,3)4/h10-11,23,26H,5-9,12-22H2,1-4H3/b11-10+. The third kappa shape index (κ3) is 22.8. The van der Waals surface area contributed by atoms with Gasteiger partial charge in [-0.25, -0.2) is 0 Å². The van der Waals surface area contributed by atoms with Gasteiger partial charge in [0.1, 0.15) is 19.3 Å². The van der Waals surface area contributed by atoms with Crippen LogP contribution in [0.15, 0.2) is 12.2 Å². The lowest BCUT2D eigenvalue weighted by Crippen LogP contribution is -2.37. The van der Waals surface area contributed by atoms with Gasteiger partial charge in [-0.15, -0.1) is 0 Å².